The van der Waals surface area contributed by atoms with Crippen molar-refractivity contribution in [2.24, 2.45) is 0 Å². The van der Waals surface area contributed by atoms with Crippen LogP contribution in [0.1, 0.15) is 36.9 Å². The van der Waals surface area contributed by atoms with Crippen molar-refractivity contribution in [1.82, 2.24) is 4.98 Å². The van der Waals surface area contributed by atoms with E-state index in [1.807, 2.05) is 6.07 Å². The molecule has 0 aliphatic heterocycles. The van der Waals surface area contributed by atoms with Gasteiger partial charge in [-0.2, -0.15) is 0 Å². The van der Waals surface area contributed by atoms with E-state index in [9.17, 15) is 0 Å². The molecule has 12 heavy (non-hydrogen) atoms. The molecule has 1 aliphatic carbocycles. The van der Waals surface area contributed by atoms with Crippen molar-refractivity contribution in [3.63, 3.8) is 0 Å². The Morgan fingerprint density at radius 3 is 3.17 bits per heavy atom. The van der Waals surface area contributed by atoms with E-state index in [-0.39, 0.29) is 0 Å². The molecule has 0 unspecified atom stereocenters. The summed E-state index contributed by atoms with van der Waals surface area (Å²) < 4.78 is 0. The van der Waals surface area contributed by atoms with E-state index in [1.165, 1.54) is 30.5 Å². The fourth-order valence-electron chi connectivity index (χ4n) is 1.91. The smallest absolute Gasteiger partial charge is 0.129 e. The average Bonchev–Trinajstić information content (AvgIpc) is 2.46. The number of fused-ring (bicyclic) bond motifs is 1. The van der Waals surface area contributed by atoms with E-state index in [1.54, 1.807) is 0 Å². The number of hydrogen-bond acceptors (Lipinski definition) is 1. The Kier molecular flexibility index (Phi) is 2.05. The molecule has 64 valence electrons. The third-order valence-electron chi connectivity index (χ3n) is 2.62. The Morgan fingerprint density at radius 2 is 2.42 bits per heavy atom. The van der Waals surface area contributed by atoms with Crippen molar-refractivity contribution in [3.05, 3.63) is 28.5 Å². The second kappa shape index (κ2) is 3.06. The van der Waals surface area contributed by atoms with Gasteiger partial charge in [0.05, 0.1) is 0 Å². The van der Waals surface area contributed by atoms with Crippen molar-refractivity contribution in [3.8, 4) is 0 Å². The number of pyridine rings is 1. The zero-order valence-electron chi connectivity index (χ0n) is 7.18. The van der Waals surface area contributed by atoms with Gasteiger partial charge in [0, 0.05) is 11.6 Å². The molecule has 0 spiro atoms. The minimum atomic E-state index is 0.633. The SMILES string of the molecule is CC[C@@H]1CCc2ccc(Cl)nc21. The maximum absolute atomic E-state index is 5.83. The molecule has 0 bridgehead atoms. The Morgan fingerprint density at radius 1 is 1.58 bits per heavy atom. The Bertz CT molecular complexity index is 296. The molecule has 0 aromatic carbocycles. The van der Waals surface area contributed by atoms with Gasteiger partial charge in [0.25, 0.3) is 0 Å². The standard InChI is InChI=1S/C10H12ClN/c1-2-7-3-4-8-5-6-9(11)12-10(7)8/h5-7H,2-4H2,1H3/t7-/m1/s1. The van der Waals surface area contributed by atoms with Gasteiger partial charge >= 0.3 is 0 Å². The predicted molar refractivity (Wildman–Crippen MR) is 50.6 cm³/mol. The molecule has 1 heterocycles. The maximum Gasteiger partial charge on any atom is 0.129 e. The number of aryl methyl sites for hydroxylation is 1. The lowest BCUT2D eigenvalue weighted by atomic mass is 10.0. The van der Waals surface area contributed by atoms with Gasteiger partial charge in [-0.3, -0.25) is 0 Å². The van der Waals surface area contributed by atoms with Gasteiger partial charge < -0.3 is 0 Å². The lowest BCUT2D eigenvalue weighted by Gasteiger charge is -2.06. The minimum Gasteiger partial charge on any atom is -0.241 e. The quantitative estimate of drug-likeness (QED) is 0.607. The highest BCUT2D eigenvalue weighted by molar-refractivity contribution is 6.29. The normalized spacial score (nSPS) is 21.0. The Balaban J connectivity index is 2.42. The summed E-state index contributed by atoms with van der Waals surface area (Å²) in [5, 5.41) is 0.633. The second-order valence-electron chi connectivity index (χ2n) is 3.32. The van der Waals surface area contributed by atoms with Crippen molar-refractivity contribution >= 4 is 11.6 Å². The topological polar surface area (TPSA) is 12.9 Å². The molecule has 0 saturated carbocycles. The van der Waals surface area contributed by atoms with Gasteiger partial charge in [-0.05, 0) is 30.9 Å². The highest BCUT2D eigenvalue weighted by atomic mass is 35.5. The molecular formula is C10H12ClN. The predicted octanol–water partition coefficient (Wildman–Crippen LogP) is 3.17. The highest BCUT2D eigenvalue weighted by Crippen LogP contribution is 2.34. The fraction of sp³-hybridized carbons (Fsp3) is 0.500. The molecule has 0 amide bonds. The maximum atomic E-state index is 5.83. The highest BCUT2D eigenvalue weighted by Gasteiger charge is 2.22. The van der Waals surface area contributed by atoms with Crippen molar-refractivity contribution in [2.75, 3.05) is 0 Å². The molecule has 0 radical (unpaired) electrons. The minimum absolute atomic E-state index is 0.633. The third-order valence-corrected chi connectivity index (χ3v) is 2.83. The van der Waals surface area contributed by atoms with Crippen LogP contribution in [0.4, 0.5) is 0 Å². The van der Waals surface area contributed by atoms with Crippen LogP contribution in [0.3, 0.4) is 0 Å². The van der Waals surface area contributed by atoms with E-state index in [0.29, 0.717) is 11.1 Å². The van der Waals surface area contributed by atoms with Crippen molar-refractivity contribution < 1.29 is 0 Å². The van der Waals surface area contributed by atoms with E-state index >= 15 is 0 Å². The Labute approximate surface area is 77.8 Å². The van der Waals surface area contributed by atoms with E-state index in [0.717, 1.165) is 0 Å². The first kappa shape index (κ1) is 8.06. The lowest BCUT2D eigenvalue weighted by molar-refractivity contribution is 0.643. The van der Waals surface area contributed by atoms with Crippen molar-refractivity contribution in [2.45, 2.75) is 32.1 Å². The van der Waals surface area contributed by atoms with Gasteiger partial charge in [-0.1, -0.05) is 24.6 Å². The summed E-state index contributed by atoms with van der Waals surface area (Å²) in [6.07, 6.45) is 3.61. The third kappa shape index (κ3) is 1.22. The number of hydrogen-bond donors (Lipinski definition) is 0. The van der Waals surface area contributed by atoms with Crippen LogP contribution in [0.15, 0.2) is 12.1 Å². The van der Waals surface area contributed by atoms with E-state index in [2.05, 4.69) is 18.0 Å². The fourth-order valence-corrected chi connectivity index (χ4v) is 2.06. The first-order valence-corrected chi connectivity index (χ1v) is 4.84. The molecule has 1 aliphatic rings. The summed E-state index contributed by atoms with van der Waals surface area (Å²) in [6.45, 7) is 2.21. The summed E-state index contributed by atoms with van der Waals surface area (Å²) in [6, 6.07) is 4.00. The van der Waals surface area contributed by atoms with Crippen LogP contribution < -0.4 is 0 Å². The first-order chi connectivity index (χ1) is 5.81. The van der Waals surface area contributed by atoms with Gasteiger partial charge in [-0.25, -0.2) is 4.98 Å². The molecule has 0 fully saturated rings. The van der Waals surface area contributed by atoms with Crippen LogP contribution in [0.25, 0.3) is 0 Å². The van der Waals surface area contributed by atoms with Gasteiger partial charge in [-0.15, -0.1) is 0 Å². The second-order valence-corrected chi connectivity index (χ2v) is 3.71. The zero-order chi connectivity index (χ0) is 8.55. The van der Waals surface area contributed by atoms with Crippen LogP contribution in [0.5, 0.6) is 0 Å². The zero-order valence-corrected chi connectivity index (χ0v) is 7.93. The summed E-state index contributed by atoms with van der Waals surface area (Å²) in [5.74, 6) is 0.652. The largest absolute Gasteiger partial charge is 0.241 e. The molecule has 0 saturated heterocycles. The molecule has 2 rings (SSSR count). The lowest BCUT2D eigenvalue weighted by Crippen LogP contribution is -1.94. The summed E-state index contributed by atoms with van der Waals surface area (Å²) in [4.78, 5) is 4.37. The van der Waals surface area contributed by atoms with Crippen LogP contribution in [0, 0.1) is 0 Å². The molecule has 1 aromatic rings. The van der Waals surface area contributed by atoms with Crippen LogP contribution in [0.2, 0.25) is 5.15 Å². The van der Waals surface area contributed by atoms with Crippen LogP contribution in [-0.4, -0.2) is 4.98 Å². The average molecular weight is 182 g/mol. The van der Waals surface area contributed by atoms with Gasteiger partial charge in [0.2, 0.25) is 0 Å². The molecule has 1 aromatic heterocycles. The van der Waals surface area contributed by atoms with Crippen LogP contribution in [-0.2, 0) is 6.42 Å². The molecule has 0 N–H and O–H groups in total. The van der Waals surface area contributed by atoms with Crippen molar-refractivity contribution in [1.29, 1.82) is 0 Å². The molecule has 2 heteroatoms. The Hall–Kier alpha value is -0.560. The molecule has 1 nitrogen and oxygen atoms in total. The van der Waals surface area contributed by atoms with Gasteiger partial charge in [0.15, 0.2) is 0 Å². The van der Waals surface area contributed by atoms with Gasteiger partial charge in [0.1, 0.15) is 5.15 Å². The number of halogens is 1. The van der Waals surface area contributed by atoms with Crippen LogP contribution >= 0.6 is 11.6 Å². The van der Waals surface area contributed by atoms with E-state index in [4.69, 9.17) is 11.6 Å². The molecular weight excluding hydrogens is 170 g/mol. The number of aromatic nitrogens is 1. The number of rotatable bonds is 1. The first-order valence-electron chi connectivity index (χ1n) is 4.46. The summed E-state index contributed by atoms with van der Waals surface area (Å²) in [7, 11) is 0. The number of nitrogens with zero attached hydrogens (tertiary/aromatic N) is 1. The summed E-state index contributed by atoms with van der Waals surface area (Å²) in [5.41, 5.74) is 2.64. The van der Waals surface area contributed by atoms with E-state index < -0.39 is 0 Å². The molecule has 1 atom stereocenters. The summed E-state index contributed by atoms with van der Waals surface area (Å²) >= 11 is 5.83. The monoisotopic (exact) mass is 181 g/mol.